The number of aromatic nitrogens is 1. The predicted molar refractivity (Wildman–Crippen MR) is 111 cm³/mol. The van der Waals surface area contributed by atoms with E-state index < -0.39 is 33.0 Å². The Morgan fingerprint density at radius 2 is 2.17 bits per heavy atom. The van der Waals surface area contributed by atoms with Crippen molar-refractivity contribution in [3.63, 3.8) is 0 Å². The van der Waals surface area contributed by atoms with Gasteiger partial charge in [0.05, 0.1) is 16.3 Å². The third kappa shape index (κ3) is 3.50. The van der Waals surface area contributed by atoms with Gasteiger partial charge in [-0.1, -0.05) is 17.7 Å². The Hall–Kier alpha value is -2.72. The standard InChI is InChI=1S/C19H19ClFN5O3S/c1-26-18(22)25-19(10-30(26,28)29)6-2-3-11-4-5-13(8-14(11)19)24-17(27)16-15(21)7-12(20)9-23-16/h4-5,7-9H,2-3,6,10H2,1H3,(H2,22,25)(H,24,27)/t19-/m0/s1. The second kappa shape index (κ2) is 7.21. The van der Waals surface area contributed by atoms with Crippen LogP contribution < -0.4 is 10.6 Å². The fraction of sp³-hybridized carbons (Fsp3) is 0.316. The Bertz CT molecular complexity index is 1170. The van der Waals surface area contributed by atoms with Crippen LogP contribution >= 0.6 is 11.6 Å². The number of carbonyl (C=O) groups is 1. The highest BCUT2D eigenvalue weighted by Gasteiger charge is 2.47. The van der Waals surface area contributed by atoms with Gasteiger partial charge in [0.1, 0.15) is 0 Å². The lowest BCUT2D eigenvalue weighted by Gasteiger charge is -2.45. The number of carbonyl (C=O) groups excluding carboxylic acids is 1. The van der Waals surface area contributed by atoms with Gasteiger partial charge in [-0.2, -0.15) is 0 Å². The Balaban J connectivity index is 1.69. The molecule has 4 rings (SSSR count). The van der Waals surface area contributed by atoms with Crippen LogP contribution in [0.1, 0.15) is 34.5 Å². The summed E-state index contributed by atoms with van der Waals surface area (Å²) >= 11 is 5.68. The summed E-state index contributed by atoms with van der Waals surface area (Å²) in [5.74, 6) is -1.98. The van der Waals surface area contributed by atoms with Gasteiger partial charge in [0.25, 0.3) is 5.91 Å². The van der Waals surface area contributed by atoms with Crippen molar-refractivity contribution in [1.29, 1.82) is 5.41 Å². The highest BCUT2D eigenvalue weighted by atomic mass is 35.5. The maximum absolute atomic E-state index is 14.0. The maximum atomic E-state index is 14.0. The van der Waals surface area contributed by atoms with Gasteiger partial charge >= 0.3 is 0 Å². The highest BCUT2D eigenvalue weighted by Crippen LogP contribution is 2.40. The molecule has 1 aliphatic carbocycles. The number of nitrogens with one attached hydrogen (secondary N) is 3. The van der Waals surface area contributed by atoms with Crippen molar-refractivity contribution in [1.82, 2.24) is 14.6 Å². The quantitative estimate of drug-likeness (QED) is 0.648. The van der Waals surface area contributed by atoms with Crippen molar-refractivity contribution in [3.05, 3.63) is 58.1 Å². The molecule has 1 amide bonds. The molecule has 0 bridgehead atoms. The minimum absolute atomic E-state index is 0.0803. The summed E-state index contributed by atoms with van der Waals surface area (Å²) in [5.41, 5.74) is 0.669. The van der Waals surface area contributed by atoms with Crippen LogP contribution in [-0.4, -0.2) is 42.4 Å². The van der Waals surface area contributed by atoms with Gasteiger partial charge < -0.3 is 10.6 Å². The molecule has 3 N–H and O–H groups in total. The molecule has 2 aromatic rings. The highest BCUT2D eigenvalue weighted by molar-refractivity contribution is 7.89. The molecule has 1 atom stereocenters. The molecule has 1 saturated heterocycles. The van der Waals surface area contributed by atoms with Gasteiger partial charge in [0.15, 0.2) is 11.5 Å². The van der Waals surface area contributed by atoms with Crippen LogP contribution in [0.3, 0.4) is 0 Å². The Morgan fingerprint density at radius 1 is 1.40 bits per heavy atom. The van der Waals surface area contributed by atoms with Gasteiger partial charge in [-0.05, 0) is 48.6 Å². The number of hydrogen-bond donors (Lipinski definition) is 3. The van der Waals surface area contributed by atoms with Gasteiger partial charge in [-0.3, -0.25) is 10.2 Å². The summed E-state index contributed by atoms with van der Waals surface area (Å²) in [4.78, 5) is 16.2. The van der Waals surface area contributed by atoms with E-state index in [9.17, 15) is 17.6 Å². The van der Waals surface area contributed by atoms with Gasteiger partial charge in [0.2, 0.25) is 16.0 Å². The fourth-order valence-electron chi connectivity index (χ4n) is 3.97. The molecule has 0 saturated carbocycles. The molecule has 1 aromatic carbocycles. The van der Waals surface area contributed by atoms with Crippen LogP contribution in [0.25, 0.3) is 0 Å². The van der Waals surface area contributed by atoms with Crippen molar-refractivity contribution in [3.8, 4) is 0 Å². The average Bonchev–Trinajstić information content (AvgIpc) is 2.66. The van der Waals surface area contributed by atoms with Gasteiger partial charge in [-0.25, -0.2) is 22.1 Å². The number of pyridine rings is 1. The fourth-order valence-corrected chi connectivity index (χ4v) is 5.63. The number of benzene rings is 1. The molecule has 30 heavy (non-hydrogen) atoms. The molecule has 1 aliphatic heterocycles. The summed E-state index contributed by atoms with van der Waals surface area (Å²) < 4.78 is 40.1. The van der Waals surface area contributed by atoms with E-state index in [2.05, 4.69) is 15.6 Å². The number of aryl methyl sites for hydroxylation is 1. The van der Waals surface area contributed by atoms with Crippen molar-refractivity contribution >= 4 is 39.2 Å². The monoisotopic (exact) mass is 451 g/mol. The molecule has 2 aliphatic rings. The van der Waals surface area contributed by atoms with E-state index in [4.69, 9.17) is 17.0 Å². The first-order chi connectivity index (χ1) is 14.1. The molecule has 11 heteroatoms. The number of rotatable bonds is 2. The summed E-state index contributed by atoms with van der Waals surface area (Å²) in [6.07, 6.45) is 3.22. The van der Waals surface area contributed by atoms with Crippen LogP contribution in [-0.2, 0) is 22.0 Å². The van der Waals surface area contributed by atoms with E-state index in [0.717, 1.165) is 28.8 Å². The van der Waals surface area contributed by atoms with Gasteiger partial charge in [-0.15, -0.1) is 0 Å². The first-order valence-electron chi connectivity index (χ1n) is 9.20. The largest absolute Gasteiger partial charge is 0.345 e. The van der Waals surface area contributed by atoms with E-state index in [-0.39, 0.29) is 16.7 Å². The summed E-state index contributed by atoms with van der Waals surface area (Å²) in [6.45, 7) is 0. The van der Waals surface area contributed by atoms with Crippen molar-refractivity contribution in [2.75, 3.05) is 18.1 Å². The molecular formula is C19H19ClFN5O3S. The van der Waals surface area contributed by atoms with E-state index in [1.807, 2.05) is 6.07 Å². The SMILES string of the molecule is CN1C(=N)N[C@@]2(CCCc3ccc(NC(=O)c4ncc(Cl)cc4F)cc32)CS1(=O)=O. The lowest BCUT2D eigenvalue weighted by molar-refractivity contribution is 0.101. The summed E-state index contributed by atoms with van der Waals surface area (Å²) in [5, 5.41) is 13.8. The number of anilines is 1. The van der Waals surface area contributed by atoms with Crippen molar-refractivity contribution in [2.45, 2.75) is 24.8 Å². The molecule has 0 radical (unpaired) electrons. The predicted octanol–water partition coefficient (Wildman–Crippen LogP) is 2.46. The normalized spacial score (nSPS) is 22.4. The van der Waals surface area contributed by atoms with Crippen molar-refractivity contribution in [2.24, 2.45) is 0 Å². The lowest BCUT2D eigenvalue weighted by Crippen LogP contribution is -2.63. The molecule has 2 heterocycles. The maximum Gasteiger partial charge on any atom is 0.277 e. The van der Waals surface area contributed by atoms with Crippen LogP contribution in [0.2, 0.25) is 5.02 Å². The molecular weight excluding hydrogens is 433 g/mol. The second-order valence-electron chi connectivity index (χ2n) is 7.44. The zero-order valence-electron chi connectivity index (χ0n) is 16.0. The number of amides is 1. The third-order valence-corrected chi connectivity index (χ3v) is 7.56. The van der Waals surface area contributed by atoms with Crippen LogP contribution in [0, 0.1) is 11.2 Å². The lowest BCUT2D eigenvalue weighted by atomic mass is 9.77. The summed E-state index contributed by atoms with van der Waals surface area (Å²) in [7, 11) is -2.32. The number of nitrogens with zero attached hydrogens (tertiary/aromatic N) is 2. The zero-order chi connectivity index (χ0) is 21.7. The minimum atomic E-state index is -3.66. The topological polar surface area (TPSA) is 115 Å². The Morgan fingerprint density at radius 3 is 2.87 bits per heavy atom. The van der Waals surface area contributed by atoms with E-state index in [0.29, 0.717) is 17.7 Å². The van der Waals surface area contributed by atoms with Crippen molar-refractivity contribution < 1.29 is 17.6 Å². The number of hydrogen-bond acceptors (Lipinski definition) is 5. The van der Waals surface area contributed by atoms with Crippen LogP contribution in [0.5, 0.6) is 0 Å². The van der Waals surface area contributed by atoms with Crippen LogP contribution in [0.15, 0.2) is 30.5 Å². The first-order valence-corrected chi connectivity index (χ1v) is 11.2. The molecule has 1 spiro atoms. The minimum Gasteiger partial charge on any atom is -0.345 e. The first kappa shape index (κ1) is 20.5. The third-order valence-electron chi connectivity index (χ3n) is 5.47. The molecule has 1 aromatic heterocycles. The number of fused-ring (bicyclic) bond motifs is 2. The van der Waals surface area contributed by atoms with Gasteiger partial charge in [0, 0.05) is 18.9 Å². The Labute approximate surface area is 178 Å². The van der Waals surface area contributed by atoms with Crippen LogP contribution in [0.4, 0.5) is 10.1 Å². The molecule has 0 unspecified atom stereocenters. The molecule has 8 nitrogen and oxygen atoms in total. The average molecular weight is 452 g/mol. The van der Waals surface area contributed by atoms with E-state index >= 15 is 0 Å². The zero-order valence-corrected chi connectivity index (χ0v) is 17.6. The molecule has 1 fully saturated rings. The van der Waals surface area contributed by atoms with E-state index in [1.54, 1.807) is 12.1 Å². The molecule has 158 valence electrons. The van der Waals surface area contributed by atoms with E-state index in [1.165, 1.54) is 13.2 Å². The second-order valence-corrected chi connectivity index (χ2v) is 9.88. The number of halogens is 2. The number of sulfonamides is 1. The Kier molecular flexibility index (Phi) is 4.94. The smallest absolute Gasteiger partial charge is 0.277 e. The number of guanidine groups is 1. The summed E-state index contributed by atoms with van der Waals surface area (Å²) in [6, 6.07) is 6.18.